The summed E-state index contributed by atoms with van der Waals surface area (Å²) < 4.78 is 9.72. The molecule has 1 unspecified atom stereocenters. The van der Waals surface area contributed by atoms with Gasteiger partial charge in [-0.15, -0.1) is 0 Å². The molecular weight excluding hydrogens is 382 g/mol. The van der Waals surface area contributed by atoms with Gasteiger partial charge in [-0.05, 0) is 54.8 Å². The molecule has 30 heavy (non-hydrogen) atoms. The molecule has 2 atom stereocenters. The van der Waals surface area contributed by atoms with E-state index in [1.54, 1.807) is 30.6 Å². The fraction of sp³-hybridized carbons (Fsp3) is 0.250. The van der Waals surface area contributed by atoms with Gasteiger partial charge < -0.3 is 19.2 Å². The summed E-state index contributed by atoms with van der Waals surface area (Å²) >= 11 is 0. The zero-order chi connectivity index (χ0) is 21.5. The van der Waals surface area contributed by atoms with Gasteiger partial charge in [-0.3, -0.25) is 9.59 Å². The summed E-state index contributed by atoms with van der Waals surface area (Å²) in [5.41, 5.74) is 2.30. The summed E-state index contributed by atoms with van der Waals surface area (Å²) in [6.45, 7) is 1.90. The van der Waals surface area contributed by atoms with Crippen molar-refractivity contribution in [1.29, 1.82) is 0 Å². The molecule has 156 valence electrons. The number of furan rings is 1. The van der Waals surface area contributed by atoms with Crippen LogP contribution in [0.25, 0.3) is 0 Å². The van der Waals surface area contributed by atoms with E-state index >= 15 is 0 Å². The van der Waals surface area contributed by atoms with Crippen LogP contribution in [0.2, 0.25) is 0 Å². The summed E-state index contributed by atoms with van der Waals surface area (Å²) in [7, 11) is 1.60. The summed E-state index contributed by atoms with van der Waals surface area (Å²) in [4.78, 5) is 26.2. The molecule has 1 aliphatic rings. The number of benzene rings is 2. The molecule has 0 aliphatic carbocycles. The van der Waals surface area contributed by atoms with E-state index in [1.807, 2.05) is 61.5 Å². The fourth-order valence-electron chi connectivity index (χ4n) is 3.66. The molecule has 0 spiro atoms. The molecule has 2 aromatic carbocycles. The van der Waals surface area contributed by atoms with Crippen molar-refractivity contribution in [2.45, 2.75) is 31.7 Å². The molecule has 3 aromatic rings. The Balaban J connectivity index is 0.000000448. The van der Waals surface area contributed by atoms with Gasteiger partial charge in [0.1, 0.15) is 5.75 Å². The molecule has 1 amide bonds. The van der Waals surface area contributed by atoms with E-state index in [-0.39, 0.29) is 18.4 Å². The first-order valence-electron chi connectivity index (χ1n) is 9.75. The number of carbonyl (C=O) groups is 2. The van der Waals surface area contributed by atoms with Gasteiger partial charge >= 0.3 is 5.97 Å². The van der Waals surface area contributed by atoms with Crippen LogP contribution in [0.5, 0.6) is 5.75 Å². The number of para-hydroxylation sites is 1. The van der Waals surface area contributed by atoms with Crippen LogP contribution in [-0.2, 0) is 16.0 Å². The maximum absolute atomic E-state index is 12.9. The number of amides is 1. The van der Waals surface area contributed by atoms with Crippen LogP contribution < -0.4 is 9.64 Å². The van der Waals surface area contributed by atoms with Crippen molar-refractivity contribution >= 4 is 17.6 Å². The van der Waals surface area contributed by atoms with Gasteiger partial charge in [0.25, 0.3) is 0 Å². The molecule has 0 saturated heterocycles. The molecule has 6 nitrogen and oxygen atoms in total. The van der Waals surface area contributed by atoms with Crippen LogP contribution in [0.1, 0.15) is 30.4 Å². The number of hydrogen-bond acceptors (Lipinski definition) is 4. The highest BCUT2D eigenvalue weighted by Crippen LogP contribution is 2.38. The van der Waals surface area contributed by atoms with Gasteiger partial charge in [0.15, 0.2) is 0 Å². The lowest BCUT2D eigenvalue weighted by Gasteiger charge is -2.38. The Hall–Kier alpha value is -3.54. The van der Waals surface area contributed by atoms with Crippen LogP contribution in [0.4, 0.5) is 5.69 Å². The highest BCUT2D eigenvalue weighted by Gasteiger charge is 2.36. The number of carboxylic acid groups (broad SMARTS) is 1. The average molecular weight is 407 g/mol. The van der Waals surface area contributed by atoms with Crippen molar-refractivity contribution in [3.8, 4) is 5.75 Å². The van der Waals surface area contributed by atoms with Gasteiger partial charge in [0, 0.05) is 11.7 Å². The summed E-state index contributed by atoms with van der Waals surface area (Å²) in [5, 5.41) is 9.50. The first-order chi connectivity index (χ1) is 14.5. The SMILES string of the molecule is COc1ccc(CC(=O)N2c3ccccc3C(C(=O)O)C[C@@H]2C)cc1.c1ccoc1. The first kappa shape index (κ1) is 21.2. The van der Waals surface area contributed by atoms with Crippen molar-refractivity contribution in [2.75, 3.05) is 12.0 Å². The number of hydrogen-bond donors (Lipinski definition) is 1. The van der Waals surface area contributed by atoms with E-state index in [0.717, 1.165) is 11.3 Å². The van der Waals surface area contributed by atoms with E-state index in [4.69, 9.17) is 4.74 Å². The van der Waals surface area contributed by atoms with Crippen molar-refractivity contribution in [2.24, 2.45) is 0 Å². The van der Waals surface area contributed by atoms with Crippen LogP contribution in [0.3, 0.4) is 0 Å². The first-order valence-corrected chi connectivity index (χ1v) is 9.75. The monoisotopic (exact) mass is 407 g/mol. The third kappa shape index (κ3) is 4.89. The minimum Gasteiger partial charge on any atom is -0.497 e. The Labute approximate surface area is 175 Å². The van der Waals surface area contributed by atoms with E-state index < -0.39 is 11.9 Å². The van der Waals surface area contributed by atoms with Gasteiger partial charge in [-0.2, -0.15) is 0 Å². The number of carbonyl (C=O) groups excluding carboxylic acids is 1. The van der Waals surface area contributed by atoms with Gasteiger partial charge in [-0.1, -0.05) is 30.3 Å². The number of rotatable bonds is 4. The third-order valence-corrected chi connectivity index (χ3v) is 5.10. The van der Waals surface area contributed by atoms with Crippen LogP contribution in [0, 0.1) is 0 Å². The molecule has 0 bridgehead atoms. The number of aliphatic carboxylic acids is 1. The van der Waals surface area contributed by atoms with E-state index in [1.165, 1.54) is 0 Å². The minimum absolute atomic E-state index is 0.0334. The fourth-order valence-corrected chi connectivity index (χ4v) is 3.66. The van der Waals surface area contributed by atoms with Gasteiger partial charge in [-0.25, -0.2) is 0 Å². The predicted octanol–water partition coefficient (Wildman–Crippen LogP) is 4.51. The summed E-state index contributed by atoms with van der Waals surface area (Å²) in [5.74, 6) is -0.705. The van der Waals surface area contributed by atoms with Crippen LogP contribution >= 0.6 is 0 Å². The van der Waals surface area contributed by atoms with Gasteiger partial charge in [0.2, 0.25) is 5.91 Å². The largest absolute Gasteiger partial charge is 0.497 e. The summed E-state index contributed by atoms with van der Waals surface area (Å²) in [6, 6.07) is 18.2. The topological polar surface area (TPSA) is 80.0 Å². The lowest BCUT2D eigenvalue weighted by atomic mass is 9.86. The standard InChI is InChI=1S/C20H21NO4.C4H4O/c1-13-11-17(20(23)24)16-5-3-4-6-18(16)21(13)19(22)12-14-7-9-15(25-2)10-8-14;1-2-4-5-3-1/h3-10,13,17H,11-12H2,1-2H3,(H,23,24);1-4H/t13-,17?;/m0./s1. The smallest absolute Gasteiger partial charge is 0.311 e. The Bertz CT molecular complexity index is 948. The van der Waals surface area contributed by atoms with Crippen LogP contribution in [0.15, 0.2) is 77.6 Å². The predicted molar refractivity (Wildman–Crippen MR) is 114 cm³/mol. The zero-order valence-corrected chi connectivity index (χ0v) is 17.0. The quantitative estimate of drug-likeness (QED) is 0.688. The maximum Gasteiger partial charge on any atom is 0.311 e. The number of ether oxygens (including phenoxy) is 1. The number of carboxylic acids is 1. The Kier molecular flexibility index (Phi) is 6.91. The molecule has 0 saturated carbocycles. The number of methoxy groups -OCH3 is 1. The van der Waals surface area contributed by atoms with Crippen molar-refractivity contribution < 1.29 is 23.8 Å². The minimum atomic E-state index is -0.846. The molecule has 0 radical (unpaired) electrons. The highest BCUT2D eigenvalue weighted by atomic mass is 16.5. The lowest BCUT2D eigenvalue weighted by Crippen LogP contribution is -2.45. The summed E-state index contributed by atoms with van der Waals surface area (Å²) in [6.07, 6.45) is 3.93. The molecule has 1 aromatic heterocycles. The van der Waals surface area contributed by atoms with Crippen molar-refractivity contribution in [3.63, 3.8) is 0 Å². The Morgan fingerprint density at radius 2 is 1.73 bits per heavy atom. The third-order valence-electron chi connectivity index (χ3n) is 5.10. The number of nitrogens with zero attached hydrogens (tertiary/aromatic N) is 1. The molecule has 1 aliphatic heterocycles. The molecular formula is C24H25NO5. The van der Waals surface area contributed by atoms with E-state index in [2.05, 4.69) is 4.42 Å². The van der Waals surface area contributed by atoms with Crippen LogP contribution in [-0.4, -0.2) is 30.1 Å². The normalized spacial score (nSPS) is 17.3. The van der Waals surface area contributed by atoms with Crippen molar-refractivity contribution in [3.05, 3.63) is 84.3 Å². The number of anilines is 1. The van der Waals surface area contributed by atoms with E-state index in [0.29, 0.717) is 17.7 Å². The molecule has 2 heterocycles. The average Bonchev–Trinajstić information content (AvgIpc) is 3.33. The second-order valence-electron chi connectivity index (χ2n) is 7.12. The van der Waals surface area contributed by atoms with Gasteiger partial charge in [0.05, 0.1) is 32.0 Å². The molecule has 1 N–H and O–H groups in total. The van der Waals surface area contributed by atoms with Crippen molar-refractivity contribution in [1.82, 2.24) is 0 Å². The zero-order valence-electron chi connectivity index (χ0n) is 17.0. The Morgan fingerprint density at radius 1 is 1.07 bits per heavy atom. The molecule has 6 heteroatoms. The molecule has 4 rings (SSSR count). The highest BCUT2D eigenvalue weighted by molar-refractivity contribution is 5.98. The van der Waals surface area contributed by atoms with E-state index in [9.17, 15) is 14.7 Å². The second-order valence-corrected chi connectivity index (χ2v) is 7.12. The molecule has 0 fully saturated rings. The second kappa shape index (κ2) is 9.78. The lowest BCUT2D eigenvalue weighted by molar-refractivity contribution is -0.139. The maximum atomic E-state index is 12.9. The number of fused-ring (bicyclic) bond motifs is 1. The Morgan fingerprint density at radius 3 is 2.30 bits per heavy atom.